The van der Waals surface area contributed by atoms with Gasteiger partial charge in [0.2, 0.25) is 5.13 Å². The molecular weight excluding hydrogens is 482 g/mol. The second-order valence-corrected chi connectivity index (χ2v) is 10.2. The van der Waals surface area contributed by atoms with E-state index in [1.54, 1.807) is 0 Å². The Kier molecular flexibility index (Phi) is 6.89. The predicted octanol–water partition coefficient (Wildman–Crippen LogP) is 4.04. The molecule has 0 radical (unpaired) electrons. The molecule has 0 spiro atoms. The highest BCUT2D eigenvalue weighted by Crippen LogP contribution is 2.33. The van der Waals surface area contributed by atoms with Gasteiger partial charge in [-0.15, -0.1) is 0 Å². The lowest BCUT2D eigenvalue weighted by Crippen LogP contribution is -2.38. The van der Waals surface area contributed by atoms with Crippen LogP contribution in [0.25, 0.3) is 0 Å². The third kappa shape index (κ3) is 5.17. The Labute approximate surface area is 193 Å². The summed E-state index contributed by atoms with van der Waals surface area (Å²) in [5.41, 5.74) is 1.10. The Morgan fingerprint density at radius 3 is 2.72 bits per heavy atom. The Morgan fingerprint density at radius 1 is 1.22 bits per heavy atom. The van der Waals surface area contributed by atoms with Crippen molar-refractivity contribution in [1.29, 1.82) is 0 Å². The number of hydrogen-bond donors (Lipinski definition) is 2. The van der Waals surface area contributed by atoms with Gasteiger partial charge in [0.25, 0.3) is 10.0 Å². The van der Waals surface area contributed by atoms with Gasteiger partial charge in [-0.2, -0.15) is 4.37 Å². The Morgan fingerprint density at radius 2 is 2.00 bits per heavy atom. The molecule has 1 aliphatic rings. The highest BCUT2D eigenvalue weighted by molar-refractivity contribution is 7.93. The topological polar surface area (TPSA) is 93.2 Å². The first kappa shape index (κ1) is 22.8. The number of piperidine rings is 1. The Balaban J connectivity index is 1.49. The number of hydrogen-bond acceptors (Lipinski definition) is 7. The van der Waals surface area contributed by atoms with Crippen LogP contribution in [0.2, 0.25) is 5.02 Å². The molecule has 12 heteroatoms. The second-order valence-electron chi connectivity index (χ2n) is 7.29. The fraction of sp³-hybridized carbons (Fsp3) is 0.300. The quantitative estimate of drug-likeness (QED) is 0.508. The first-order chi connectivity index (χ1) is 15.3. The number of benzene rings is 2. The molecule has 0 amide bonds. The molecule has 2 atom stereocenters. The summed E-state index contributed by atoms with van der Waals surface area (Å²) in [5.74, 6) is -2.28. The second kappa shape index (κ2) is 9.65. The van der Waals surface area contributed by atoms with Crippen molar-refractivity contribution in [2.45, 2.75) is 17.2 Å². The van der Waals surface area contributed by atoms with E-state index in [4.69, 9.17) is 16.3 Å². The molecule has 7 nitrogen and oxygen atoms in total. The molecule has 1 fully saturated rings. The molecule has 1 aromatic heterocycles. The van der Waals surface area contributed by atoms with Crippen molar-refractivity contribution >= 4 is 38.3 Å². The molecule has 2 aromatic carbocycles. The minimum absolute atomic E-state index is 0.00913. The van der Waals surface area contributed by atoms with Crippen molar-refractivity contribution in [2.75, 3.05) is 24.4 Å². The van der Waals surface area contributed by atoms with Crippen molar-refractivity contribution in [1.82, 2.24) is 14.7 Å². The average Bonchev–Trinajstić information content (AvgIpc) is 3.27. The average molecular weight is 501 g/mol. The SMILES string of the molecule is O=S(=O)(Nc1ncns1)c1cc(F)c(OCC2CNCCC2c2ccc(Cl)cc2)cc1F. The van der Waals surface area contributed by atoms with Crippen LogP contribution in [0.4, 0.5) is 13.9 Å². The lowest BCUT2D eigenvalue weighted by Gasteiger charge is -2.32. The van der Waals surface area contributed by atoms with Crippen LogP contribution < -0.4 is 14.8 Å². The molecule has 0 bridgehead atoms. The van der Waals surface area contributed by atoms with E-state index >= 15 is 0 Å². The van der Waals surface area contributed by atoms with Gasteiger partial charge in [0, 0.05) is 41.2 Å². The molecule has 4 rings (SSSR count). The van der Waals surface area contributed by atoms with E-state index in [0.29, 0.717) is 17.6 Å². The lowest BCUT2D eigenvalue weighted by molar-refractivity contribution is 0.190. The number of nitrogens with one attached hydrogen (secondary N) is 2. The van der Waals surface area contributed by atoms with Crippen molar-refractivity contribution < 1.29 is 21.9 Å². The summed E-state index contributed by atoms with van der Waals surface area (Å²) < 4.78 is 65.3. The number of aromatic nitrogens is 2. The smallest absolute Gasteiger partial charge is 0.266 e. The van der Waals surface area contributed by atoms with Gasteiger partial charge in [-0.25, -0.2) is 22.2 Å². The predicted molar refractivity (Wildman–Crippen MR) is 118 cm³/mol. The summed E-state index contributed by atoms with van der Waals surface area (Å²) in [6.45, 7) is 1.61. The molecular formula is C20H19ClF2N4O3S2. The zero-order valence-electron chi connectivity index (χ0n) is 16.6. The van der Waals surface area contributed by atoms with E-state index in [2.05, 4.69) is 19.4 Å². The fourth-order valence-electron chi connectivity index (χ4n) is 3.66. The van der Waals surface area contributed by atoms with Crippen LogP contribution in [-0.4, -0.2) is 37.5 Å². The van der Waals surface area contributed by atoms with Gasteiger partial charge in [-0.05, 0) is 36.6 Å². The molecule has 1 saturated heterocycles. The molecule has 1 aliphatic heterocycles. The molecule has 2 heterocycles. The van der Waals surface area contributed by atoms with E-state index < -0.39 is 26.6 Å². The molecule has 2 N–H and O–H groups in total. The van der Waals surface area contributed by atoms with Crippen molar-refractivity contribution in [3.8, 4) is 5.75 Å². The third-order valence-corrected chi connectivity index (χ3v) is 7.53. The van der Waals surface area contributed by atoms with Crippen LogP contribution in [0.1, 0.15) is 17.9 Å². The molecule has 3 aromatic rings. The standard InChI is InChI=1S/C20H19ClF2N4O3S2/c21-14-3-1-12(2-4-14)15-5-6-24-9-13(15)10-30-18-7-17(23)19(8-16(18)22)32(28,29)27-20-25-11-26-31-20/h1-4,7-8,11,13,15,24H,5-6,9-10H2,(H,25,26,27). The Hall–Kier alpha value is -2.34. The van der Waals surface area contributed by atoms with Crippen molar-refractivity contribution in [3.63, 3.8) is 0 Å². The van der Waals surface area contributed by atoms with Gasteiger partial charge in [0.15, 0.2) is 11.6 Å². The normalized spacial score (nSPS) is 19.0. The number of ether oxygens (including phenoxy) is 1. The largest absolute Gasteiger partial charge is 0.490 e. The number of nitrogens with zero attached hydrogens (tertiary/aromatic N) is 2. The summed E-state index contributed by atoms with van der Waals surface area (Å²) in [6.07, 6.45) is 2.01. The maximum atomic E-state index is 14.6. The zero-order valence-corrected chi connectivity index (χ0v) is 19.0. The van der Waals surface area contributed by atoms with E-state index in [0.717, 1.165) is 42.5 Å². The highest BCUT2D eigenvalue weighted by atomic mass is 35.5. The number of rotatable bonds is 7. The number of halogens is 3. The lowest BCUT2D eigenvalue weighted by atomic mass is 9.81. The van der Waals surface area contributed by atoms with Crippen molar-refractivity contribution in [2.24, 2.45) is 5.92 Å². The number of sulfonamides is 1. The van der Waals surface area contributed by atoms with Crippen LogP contribution in [0.15, 0.2) is 47.6 Å². The minimum atomic E-state index is -4.37. The van der Waals surface area contributed by atoms with Gasteiger partial charge in [-0.3, -0.25) is 4.72 Å². The first-order valence-electron chi connectivity index (χ1n) is 9.71. The summed E-state index contributed by atoms with van der Waals surface area (Å²) in [4.78, 5) is 2.84. The van der Waals surface area contributed by atoms with E-state index in [-0.39, 0.29) is 29.3 Å². The number of anilines is 1. The maximum absolute atomic E-state index is 14.6. The molecule has 0 saturated carbocycles. The summed E-state index contributed by atoms with van der Waals surface area (Å²) >= 11 is 6.75. The molecule has 32 heavy (non-hydrogen) atoms. The van der Waals surface area contributed by atoms with Crippen LogP contribution in [0, 0.1) is 17.6 Å². The summed E-state index contributed by atoms with van der Waals surface area (Å²) in [5, 5.41) is 3.88. The van der Waals surface area contributed by atoms with Crippen molar-refractivity contribution in [3.05, 3.63) is 64.9 Å². The van der Waals surface area contributed by atoms with Crippen LogP contribution in [0.3, 0.4) is 0 Å². The van der Waals surface area contributed by atoms with Crippen LogP contribution >= 0.6 is 23.1 Å². The van der Waals surface area contributed by atoms with E-state index in [9.17, 15) is 17.2 Å². The van der Waals surface area contributed by atoms with Gasteiger partial charge in [0.05, 0.1) is 6.61 Å². The third-order valence-electron chi connectivity index (χ3n) is 5.22. The zero-order chi connectivity index (χ0) is 22.7. The highest BCUT2D eigenvalue weighted by Gasteiger charge is 2.28. The van der Waals surface area contributed by atoms with E-state index in [1.807, 2.05) is 24.3 Å². The fourth-order valence-corrected chi connectivity index (χ4v) is 5.52. The van der Waals surface area contributed by atoms with Crippen LogP contribution in [0.5, 0.6) is 5.75 Å². The molecule has 0 aliphatic carbocycles. The van der Waals surface area contributed by atoms with E-state index in [1.165, 1.54) is 0 Å². The van der Waals surface area contributed by atoms with Crippen LogP contribution in [-0.2, 0) is 10.0 Å². The minimum Gasteiger partial charge on any atom is -0.490 e. The summed E-state index contributed by atoms with van der Waals surface area (Å²) in [6, 6.07) is 8.90. The molecule has 170 valence electrons. The first-order valence-corrected chi connectivity index (χ1v) is 12.3. The maximum Gasteiger partial charge on any atom is 0.266 e. The van der Waals surface area contributed by atoms with Gasteiger partial charge < -0.3 is 10.1 Å². The summed E-state index contributed by atoms with van der Waals surface area (Å²) in [7, 11) is -4.37. The van der Waals surface area contributed by atoms with Gasteiger partial charge in [0.1, 0.15) is 17.0 Å². The molecule has 2 unspecified atom stereocenters. The van der Waals surface area contributed by atoms with Gasteiger partial charge >= 0.3 is 0 Å². The van der Waals surface area contributed by atoms with Gasteiger partial charge in [-0.1, -0.05) is 23.7 Å². The monoisotopic (exact) mass is 500 g/mol. The Bertz CT molecular complexity index is 1180.